The number of methoxy groups -OCH3 is 1. The minimum absolute atomic E-state index is 0.117. The molecule has 0 spiro atoms. The molecule has 1 aromatic rings. The Kier molecular flexibility index (Phi) is 9.43. The molecule has 3 N–H and O–H groups in total. The van der Waals surface area contributed by atoms with E-state index in [1.54, 1.807) is 32.4 Å². The monoisotopic (exact) mass is 348 g/mol. The first kappa shape index (κ1) is 20.8. The molecule has 0 aliphatic heterocycles. The summed E-state index contributed by atoms with van der Waals surface area (Å²) in [5, 5.41) is 9.47. The first-order valence-electron chi connectivity index (χ1n) is 8.85. The van der Waals surface area contributed by atoms with Crippen molar-refractivity contribution in [1.82, 2.24) is 16.0 Å². The lowest BCUT2D eigenvalue weighted by molar-refractivity contribution is 0.0954. The lowest BCUT2D eigenvalue weighted by Gasteiger charge is -2.18. The van der Waals surface area contributed by atoms with Crippen LogP contribution < -0.4 is 20.7 Å². The predicted octanol–water partition coefficient (Wildman–Crippen LogP) is 2.41. The fourth-order valence-electron chi connectivity index (χ4n) is 2.31. The smallest absolute Gasteiger partial charge is 0.251 e. The van der Waals surface area contributed by atoms with E-state index in [9.17, 15) is 4.79 Å². The van der Waals surface area contributed by atoms with Gasteiger partial charge in [0, 0.05) is 31.7 Å². The highest BCUT2D eigenvalue weighted by atomic mass is 16.5. The number of carbonyl (C=O) groups excluding carboxylic acids is 1. The van der Waals surface area contributed by atoms with Crippen molar-refractivity contribution in [2.24, 2.45) is 10.9 Å². The third-order valence-electron chi connectivity index (χ3n) is 3.82. The van der Waals surface area contributed by atoms with E-state index < -0.39 is 0 Å². The Morgan fingerprint density at radius 3 is 2.52 bits per heavy atom. The molecule has 0 aliphatic rings. The largest absolute Gasteiger partial charge is 0.497 e. The van der Waals surface area contributed by atoms with Crippen molar-refractivity contribution in [2.45, 2.75) is 39.7 Å². The van der Waals surface area contributed by atoms with Gasteiger partial charge in [0.25, 0.3) is 5.91 Å². The Labute approximate surface area is 151 Å². The number of nitrogens with zero attached hydrogens (tertiary/aromatic N) is 1. The molecule has 0 saturated carbocycles. The molecule has 0 fully saturated rings. The molecule has 0 aromatic heterocycles. The summed E-state index contributed by atoms with van der Waals surface area (Å²) in [5.41, 5.74) is 0.587. The van der Waals surface area contributed by atoms with Crippen LogP contribution >= 0.6 is 0 Å². The van der Waals surface area contributed by atoms with E-state index in [2.05, 4.69) is 41.7 Å². The molecule has 1 atom stereocenters. The molecule has 1 aromatic carbocycles. The lowest BCUT2D eigenvalue weighted by atomic mass is 10.0. The average Bonchev–Trinajstić information content (AvgIpc) is 2.62. The zero-order chi connectivity index (χ0) is 18.7. The molecule has 0 radical (unpaired) electrons. The first-order valence-corrected chi connectivity index (χ1v) is 8.85. The minimum Gasteiger partial charge on any atom is -0.497 e. The van der Waals surface area contributed by atoms with Crippen LogP contribution in [0.15, 0.2) is 29.3 Å². The fourth-order valence-corrected chi connectivity index (χ4v) is 2.31. The zero-order valence-corrected chi connectivity index (χ0v) is 16.1. The molecule has 6 nitrogen and oxygen atoms in total. The van der Waals surface area contributed by atoms with Crippen LogP contribution in [0.4, 0.5) is 0 Å². The average molecular weight is 348 g/mol. The van der Waals surface area contributed by atoms with Crippen LogP contribution in [0.2, 0.25) is 0 Å². The summed E-state index contributed by atoms with van der Waals surface area (Å²) >= 11 is 0. The van der Waals surface area contributed by atoms with Gasteiger partial charge in [0.1, 0.15) is 5.75 Å². The van der Waals surface area contributed by atoms with Crippen molar-refractivity contribution in [3.63, 3.8) is 0 Å². The van der Waals surface area contributed by atoms with E-state index in [0.29, 0.717) is 36.4 Å². The van der Waals surface area contributed by atoms with E-state index in [1.807, 2.05) is 6.07 Å². The summed E-state index contributed by atoms with van der Waals surface area (Å²) < 4.78 is 5.13. The number of nitrogens with one attached hydrogen (secondary N) is 3. The van der Waals surface area contributed by atoms with E-state index in [-0.39, 0.29) is 5.91 Å². The highest BCUT2D eigenvalue weighted by Gasteiger charge is 2.08. The lowest BCUT2D eigenvalue weighted by Crippen LogP contribution is -2.44. The van der Waals surface area contributed by atoms with Gasteiger partial charge < -0.3 is 20.7 Å². The van der Waals surface area contributed by atoms with Crippen molar-refractivity contribution < 1.29 is 9.53 Å². The van der Waals surface area contributed by atoms with E-state index in [1.165, 1.54) is 6.42 Å². The molecule has 0 heterocycles. The van der Waals surface area contributed by atoms with Crippen LogP contribution in [0.5, 0.6) is 5.75 Å². The van der Waals surface area contributed by atoms with Gasteiger partial charge in [-0.3, -0.25) is 9.79 Å². The van der Waals surface area contributed by atoms with Gasteiger partial charge in [-0.25, -0.2) is 0 Å². The number of carbonyl (C=O) groups is 1. The van der Waals surface area contributed by atoms with Gasteiger partial charge in [-0.2, -0.15) is 0 Å². The molecule has 0 aliphatic carbocycles. The number of rotatable bonds is 9. The maximum Gasteiger partial charge on any atom is 0.251 e. The van der Waals surface area contributed by atoms with Crippen LogP contribution in [-0.4, -0.2) is 45.2 Å². The second kappa shape index (κ2) is 11.3. The molecule has 0 saturated heterocycles. The maximum absolute atomic E-state index is 12.1. The van der Waals surface area contributed by atoms with Gasteiger partial charge in [-0.15, -0.1) is 0 Å². The molecule has 1 rings (SSSR count). The standard InChI is InChI=1S/C19H32N4O2/c1-14(2)9-10-15(3)23-19(20-4)22-12-11-21-18(24)16-7-6-8-17(13-16)25-5/h6-8,13-15H,9-12H2,1-5H3,(H,21,24)(H2,20,22,23). The van der Waals surface area contributed by atoms with Crippen LogP contribution in [0.3, 0.4) is 0 Å². The Bertz CT molecular complexity index is 558. The number of hydrogen-bond donors (Lipinski definition) is 3. The minimum atomic E-state index is -0.117. The highest BCUT2D eigenvalue weighted by molar-refractivity contribution is 5.94. The normalized spacial score (nSPS) is 12.6. The van der Waals surface area contributed by atoms with E-state index >= 15 is 0 Å². The van der Waals surface area contributed by atoms with E-state index in [0.717, 1.165) is 12.4 Å². The predicted molar refractivity (Wildman–Crippen MR) is 103 cm³/mol. The quantitative estimate of drug-likeness (QED) is 0.364. The number of hydrogen-bond acceptors (Lipinski definition) is 3. The summed E-state index contributed by atoms with van der Waals surface area (Å²) in [6.45, 7) is 7.72. The molecule has 1 unspecified atom stereocenters. The maximum atomic E-state index is 12.1. The number of ether oxygens (including phenoxy) is 1. The second-order valence-corrected chi connectivity index (χ2v) is 6.50. The Morgan fingerprint density at radius 1 is 1.16 bits per heavy atom. The van der Waals surface area contributed by atoms with Crippen molar-refractivity contribution in [2.75, 3.05) is 27.2 Å². The Morgan fingerprint density at radius 2 is 1.88 bits per heavy atom. The molecule has 140 valence electrons. The Hall–Kier alpha value is -2.24. The molecular formula is C19H32N4O2. The van der Waals surface area contributed by atoms with Crippen LogP contribution in [-0.2, 0) is 0 Å². The van der Waals surface area contributed by atoms with Gasteiger partial charge >= 0.3 is 0 Å². The van der Waals surface area contributed by atoms with Crippen LogP contribution in [0.25, 0.3) is 0 Å². The van der Waals surface area contributed by atoms with Crippen LogP contribution in [0, 0.1) is 5.92 Å². The number of amides is 1. The van der Waals surface area contributed by atoms with Crippen LogP contribution in [0.1, 0.15) is 44.0 Å². The van der Waals surface area contributed by atoms with Crippen molar-refractivity contribution in [3.05, 3.63) is 29.8 Å². The van der Waals surface area contributed by atoms with Gasteiger partial charge in [0.15, 0.2) is 5.96 Å². The van der Waals surface area contributed by atoms with Gasteiger partial charge in [-0.05, 0) is 43.9 Å². The van der Waals surface area contributed by atoms with Gasteiger partial charge in [0.05, 0.1) is 7.11 Å². The van der Waals surface area contributed by atoms with Gasteiger partial charge in [-0.1, -0.05) is 19.9 Å². The topological polar surface area (TPSA) is 74.8 Å². The zero-order valence-electron chi connectivity index (χ0n) is 16.1. The van der Waals surface area contributed by atoms with Gasteiger partial charge in [0.2, 0.25) is 0 Å². The Balaban J connectivity index is 2.31. The molecular weight excluding hydrogens is 316 g/mol. The summed E-state index contributed by atoms with van der Waals surface area (Å²) in [5.74, 6) is 2.01. The molecule has 1 amide bonds. The SMILES string of the molecule is CN=C(NCCNC(=O)c1cccc(OC)c1)NC(C)CCC(C)C. The molecule has 0 bridgehead atoms. The third-order valence-corrected chi connectivity index (χ3v) is 3.82. The third kappa shape index (κ3) is 8.42. The molecule has 25 heavy (non-hydrogen) atoms. The van der Waals surface area contributed by atoms with E-state index in [4.69, 9.17) is 4.74 Å². The van der Waals surface area contributed by atoms with Crippen molar-refractivity contribution >= 4 is 11.9 Å². The van der Waals surface area contributed by atoms with Crippen molar-refractivity contribution in [1.29, 1.82) is 0 Å². The fraction of sp³-hybridized carbons (Fsp3) is 0.579. The number of guanidine groups is 1. The summed E-state index contributed by atoms with van der Waals surface area (Å²) in [6, 6.07) is 7.46. The summed E-state index contributed by atoms with van der Waals surface area (Å²) in [7, 11) is 3.33. The number of aliphatic imine (C=N–C) groups is 1. The summed E-state index contributed by atoms with van der Waals surface area (Å²) in [4.78, 5) is 16.3. The highest BCUT2D eigenvalue weighted by Crippen LogP contribution is 2.12. The second-order valence-electron chi connectivity index (χ2n) is 6.50. The number of benzene rings is 1. The first-order chi connectivity index (χ1) is 12.0. The van der Waals surface area contributed by atoms with Crippen molar-refractivity contribution in [3.8, 4) is 5.75 Å². The summed E-state index contributed by atoms with van der Waals surface area (Å²) in [6.07, 6.45) is 2.28. The molecule has 6 heteroatoms.